The molecule has 0 bridgehead atoms. The normalized spacial score (nSPS) is 14.7. The van der Waals surface area contributed by atoms with Gasteiger partial charge in [-0.2, -0.15) is 0 Å². The highest BCUT2D eigenvalue weighted by Crippen LogP contribution is 2.07. The molecule has 1 heterocycles. The number of hydrogen-bond donors (Lipinski definition) is 3. The fourth-order valence-electron chi connectivity index (χ4n) is 2.68. The van der Waals surface area contributed by atoms with Gasteiger partial charge in [0.05, 0.1) is 0 Å². The van der Waals surface area contributed by atoms with Crippen molar-refractivity contribution >= 4 is 36.6 Å². The van der Waals surface area contributed by atoms with Gasteiger partial charge in [0.25, 0.3) is 5.91 Å². The molecule has 1 fully saturated rings. The summed E-state index contributed by atoms with van der Waals surface area (Å²) in [5, 5.41) is 5.79. The molecule has 8 heteroatoms. The van der Waals surface area contributed by atoms with Crippen LogP contribution in [-0.2, 0) is 11.3 Å². The Morgan fingerprint density at radius 3 is 2.31 bits per heavy atom. The van der Waals surface area contributed by atoms with E-state index in [1.165, 1.54) is 12.8 Å². The lowest BCUT2D eigenvalue weighted by atomic mass is 10.1. The van der Waals surface area contributed by atoms with Crippen LogP contribution in [-0.4, -0.2) is 49.4 Å². The Bertz CT molecular complexity index is 549. The number of nitrogens with two attached hydrogens (primary N) is 1. The lowest BCUT2D eigenvalue weighted by Gasteiger charge is -2.14. The number of rotatable bonds is 8. The number of carbonyl (C=O) groups is 2. The second-order valence-corrected chi connectivity index (χ2v) is 6.36. The number of nitrogens with one attached hydrogen (secondary N) is 2. The van der Waals surface area contributed by atoms with Gasteiger partial charge in [-0.3, -0.25) is 9.59 Å². The average Bonchev–Trinajstić information content (AvgIpc) is 3.12. The first-order valence-corrected chi connectivity index (χ1v) is 8.67. The van der Waals surface area contributed by atoms with Crippen molar-refractivity contribution in [1.82, 2.24) is 15.5 Å². The molecule has 1 aromatic carbocycles. The number of carbonyl (C=O) groups excluding carboxylic acids is 2. The Balaban J connectivity index is 0.00000312. The molecular formula is C18H30Cl2N4O2. The first-order valence-electron chi connectivity index (χ1n) is 8.67. The molecule has 1 aliphatic heterocycles. The SMILES string of the molecule is CC(CN)C(=O)NCc1ccc(C(=O)NCCN2CCCC2)cc1.Cl.Cl. The summed E-state index contributed by atoms with van der Waals surface area (Å²) in [7, 11) is 0. The van der Waals surface area contributed by atoms with E-state index in [1.54, 1.807) is 19.1 Å². The van der Waals surface area contributed by atoms with Crippen LogP contribution in [0, 0.1) is 5.92 Å². The standard InChI is InChI=1S/C18H28N4O2.2ClH/c1-14(12-19)17(23)21-13-15-4-6-16(7-5-15)18(24)20-8-11-22-9-2-3-10-22;;/h4-7,14H,2-3,8-13,19H2,1H3,(H,20,24)(H,21,23);2*1H. The third-order valence-electron chi connectivity index (χ3n) is 4.40. The van der Waals surface area contributed by atoms with Crippen LogP contribution < -0.4 is 16.4 Å². The van der Waals surface area contributed by atoms with E-state index in [-0.39, 0.29) is 42.5 Å². The molecule has 1 atom stereocenters. The summed E-state index contributed by atoms with van der Waals surface area (Å²) in [5.74, 6) is -0.298. The monoisotopic (exact) mass is 404 g/mol. The Hall–Kier alpha value is -1.34. The summed E-state index contributed by atoms with van der Waals surface area (Å²) in [4.78, 5) is 26.2. The molecule has 0 saturated carbocycles. The molecule has 0 aromatic heterocycles. The summed E-state index contributed by atoms with van der Waals surface area (Å²) in [6, 6.07) is 7.31. The zero-order valence-corrected chi connectivity index (χ0v) is 16.8. The summed E-state index contributed by atoms with van der Waals surface area (Å²) < 4.78 is 0. The minimum Gasteiger partial charge on any atom is -0.352 e. The smallest absolute Gasteiger partial charge is 0.251 e. The van der Waals surface area contributed by atoms with Crippen LogP contribution >= 0.6 is 24.8 Å². The maximum absolute atomic E-state index is 12.1. The molecule has 2 amide bonds. The van der Waals surface area contributed by atoms with Crippen molar-refractivity contribution < 1.29 is 9.59 Å². The minimum atomic E-state index is -0.189. The average molecular weight is 405 g/mol. The number of benzene rings is 1. The maximum atomic E-state index is 12.1. The number of likely N-dealkylation sites (tertiary alicyclic amines) is 1. The lowest BCUT2D eigenvalue weighted by Crippen LogP contribution is -2.33. The second-order valence-electron chi connectivity index (χ2n) is 6.36. The summed E-state index contributed by atoms with van der Waals surface area (Å²) in [6.45, 7) is 6.44. The van der Waals surface area contributed by atoms with Gasteiger partial charge in [-0.05, 0) is 43.6 Å². The third-order valence-corrected chi connectivity index (χ3v) is 4.40. The van der Waals surface area contributed by atoms with E-state index in [9.17, 15) is 9.59 Å². The maximum Gasteiger partial charge on any atom is 0.251 e. The Morgan fingerprint density at radius 2 is 1.73 bits per heavy atom. The van der Waals surface area contributed by atoms with Crippen molar-refractivity contribution in [3.63, 3.8) is 0 Å². The van der Waals surface area contributed by atoms with Gasteiger partial charge in [0.1, 0.15) is 0 Å². The van der Waals surface area contributed by atoms with Gasteiger partial charge in [-0.1, -0.05) is 19.1 Å². The van der Waals surface area contributed by atoms with Crippen LogP contribution in [0.4, 0.5) is 0 Å². The molecule has 1 aromatic rings. The topological polar surface area (TPSA) is 87.5 Å². The molecule has 6 nitrogen and oxygen atoms in total. The van der Waals surface area contributed by atoms with Gasteiger partial charge < -0.3 is 21.3 Å². The summed E-state index contributed by atoms with van der Waals surface area (Å²) in [6.07, 6.45) is 2.52. The highest BCUT2D eigenvalue weighted by molar-refractivity contribution is 5.94. The van der Waals surface area contributed by atoms with E-state index < -0.39 is 0 Å². The number of hydrogen-bond acceptors (Lipinski definition) is 4. The van der Waals surface area contributed by atoms with Gasteiger partial charge in [0, 0.05) is 37.7 Å². The van der Waals surface area contributed by atoms with Crippen LogP contribution in [0.2, 0.25) is 0 Å². The second kappa shape index (κ2) is 12.9. The molecular weight excluding hydrogens is 375 g/mol. The molecule has 4 N–H and O–H groups in total. The molecule has 1 unspecified atom stereocenters. The third kappa shape index (κ3) is 7.91. The molecule has 1 aliphatic rings. The molecule has 148 valence electrons. The lowest BCUT2D eigenvalue weighted by molar-refractivity contribution is -0.124. The van der Waals surface area contributed by atoms with Crippen molar-refractivity contribution in [1.29, 1.82) is 0 Å². The van der Waals surface area contributed by atoms with E-state index in [0.29, 0.717) is 25.2 Å². The molecule has 0 aliphatic carbocycles. The van der Waals surface area contributed by atoms with E-state index in [0.717, 1.165) is 25.2 Å². The van der Waals surface area contributed by atoms with Crippen LogP contribution in [0.25, 0.3) is 0 Å². The number of amides is 2. The van der Waals surface area contributed by atoms with Gasteiger partial charge >= 0.3 is 0 Å². The van der Waals surface area contributed by atoms with Crippen molar-refractivity contribution in [2.24, 2.45) is 11.7 Å². The predicted molar refractivity (Wildman–Crippen MR) is 109 cm³/mol. The fraction of sp³-hybridized carbons (Fsp3) is 0.556. The van der Waals surface area contributed by atoms with E-state index >= 15 is 0 Å². The molecule has 1 saturated heterocycles. The molecule has 0 spiro atoms. The number of nitrogens with zero attached hydrogens (tertiary/aromatic N) is 1. The van der Waals surface area contributed by atoms with Gasteiger partial charge in [-0.15, -0.1) is 24.8 Å². The summed E-state index contributed by atoms with van der Waals surface area (Å²) in [5.41, 5.74) is 7.07. The van der Waals surface area contributed by atoms with Gasteiger partial charge in [0.15, 0.2) is 0 Å². The molecule has 0 radical (unpaired) electrons. The zero-order valence-electron chi connectivity index (χ0n) is 15.2. The van der Waals surface area contributed by atoms with Crippen molar-refractivity contribution in [3.8, 4) is 0 Å². The van der Waals surface area contributed by atoms with E-state index in [2.05, 4.69) is 15.5 Å². The predicted octanol–water partition coefficient (Wildman–Crippen LogP) is 1.57. The van der Waals surface area contributed by atoms with Gasteiger partial charge in [-0.25, -0.2) is 0 Å². The highest BCUT2D eigenvalue weighted by Gasteiger charge is 2.12. The first-order chi connectivity index (χ1) is 11.6. The van der Waals surface area contributed by atoms with Crippen LogP contribution in [0.3, 0.4) is 0 Å². The summed E-state index contributed by atoms with van der Waals surface area (Å²) >= 11 is 0. The quantitative estimate of drug-likeness (QED) is 0.613. The Kier molecular flexibility index (Phi) is 12.3. The fourth-order valence-corrected chi connectivity index (χ4v) is 2.68. The van der Waals surface area contributed by atoms with Crippen LogP contribution in [0.5, 0.6) is 0 Å². The minimum absolute atomic E-state index is 0. The van der Waals surface area contributed by atoms with Gasteiger partial charge in [0.2, 0.25) is 5.91 Å². The van der Waals surface area contributed by atoms with Crippen molar-refractivity contribution in [2.75, 3.05) is 32.7 Å². The van der Waals surface area contributed by atoms with Crippen LogP contribution in [0.15, 0.2) is 24.3 Å². The number of halogens is 2. The van der Waals surface area contributed by atoms with E-state index in [4.69, 9.17) is 5.73 Å². The Morgan fingerprint density at radius 1 is 1.12 bits per heavy atom. The molecule has 2 rings (SSSR count). The van der Waals surface area contributed by atoms with Crippen molar-refractivity contribution in [2.45, 2.75) is 26.3 Å². The van der Waals surface area contributed by atoms with Crippen molar-refractivity contribution in [3.05, 3.63) is 35.4 Å². The van der Waals surface area contributed by atoms with Crippen LogP contribution in [0.1, 0.15) is 35.7 Å². The highest BCUT2D eigenvalue weighted by atomic mass is 35.5. The first kappa shape index (κ1) is 24.7. The molecule has 26 heavy (non-hydrogen) atoms. The zero-order chi connectivity index (χ0) is 17.4. The van der Waals surface area contributed by atoms with E-state index in [1.807, 2.05) is 12.1 Å². The Labute approximate surface area is 168 Å². The largest absolute Gasteiger partial charge is 0.352 e.